The molecule has 0 amide bonds. The summed E-state index contributed by atoms with van der Waals surface area (Å²) in [5, 5.41) is 3.82. The lowest BCUT2D eigenvalue weighted by molar-refractivity contribution is 0.132. The highest BCUT2D eigenvalue weighted by atomic mass is 16.6. The molecule has 0 bridgehead atoms. The third-order valence-corrected chi connectivity index (χ3v) is 2.67. The summed E-state index contributed by atoms with van der Waals surface area (Å²) in [5.74, 6) is 1.56. The van der Waals surface area contributed by atoms with Crippen LogP contribution in [0.5, 0.6) is 11.5 Å². The average Bonchev–Trinajstić information content (AvgIpc) is 2.52. The lowest BCUT2D eigenvalue weighted by Gasteiger charge is -2.03. The van der Waals surface area contributed by atoms with Crippen LogP contribution >= 0.6 is 0 Å². The molecule has 0 atom stereocenters. The molecule has 0 aromatic heterocycles. The number of benzene rings is 2. The van der Waals surface area contributed by atoms with Gasteiger partial charge in [-0.05, 0) is 29.8 Å². The molecule has 0 N–H and O–H groups in total. The first-order valence-electron chi connectivity index (χ1n) is 6.17. The van der Waals surface area contributed by atoms with Gasteiger partial charge in [-0.15, -0.1) is 0 Å². The van der Waals surface area contributed by atoms with Gasteiger partial charge in [-0.2, -0.15) is 0 Å². The van der Waals surface area contributed by atoms with Crippen LogP contribution in [0.2, 0.25) is 0 Å². The van der Waals surface area contributed by atoms with Gasteiger partial charge >= 0.3 is 0 Å². The predicted molar refractivity (Wildman–Crippen MR) is 77.3 cm³/mol. The maximum absolute atomic E-state index is 5.21. The van der Waals surface area contributed by atoms with Gasteiger partial charge in [-0.3, -0.25) is 0 Å². The molecule has 2 rings (SSSR count). The minimum absolute atomic E-state index is 0.369. The molecule has 2 aromatic carbocycles. The van der Waals surface area contributed by atoms with Crippen LogP contribution in [0.25, 0.3) is 0 Å². The molecular weight excluding hydrogens is 254 g/mol. The molecule has 0 aliphatic rings. The number of ether oxygens (including phenoxy) is 2. The fourth-order valence-corrected chi connectivity index (χ4v) is 1.65. The van der Waals surface area contributed by atoms with Crippen molar-refractivity contribution >= 4 is 6.21 Å². The first-order chi connectivity index (χ1) is 9.81. The Morgan fingerprint density at radius 1 is 0.950 bits per heavy atom. The number of rotatable bonds is 6. The van der Waals surface area contributed by atoms with Gasteiger partial charge < -0.3 is 14.3 Å². The van der Waals surface area contributed by atoms with Gasteiger partial charge in [0.15, 0.2) is 0 Å². The van der Waals surface area contributed by atoms with Gasteiger partial charge in [0.05, 0.1) is 14.2 Å². The van der Waals surface area contributed by atoms with Crippen LogP contribution in [0.1, 0.15) is 11.1 Å². The van der Waals surface area contributed by atoms with Crippen molar-refractivity contribution in [3.63, 3.8) is 0 Å². The maximum Gasteiger partial charge on any atom is 0.142 e. The van der Waals surface area contributed by atoms with E-state index >= 15 is 0 Å². The fraction of sp³-hybridized carbons (Fsp3) is 0.188. The normalized spacial score (nSPS) is 10.5. The summed E-state index contributed by atoms with van der Waals surface area (Å²) >= 11 is 0. The molecule has 0 fully saturated rings. The van der Waals surface area contributed by atoms with Gasteiger partial charge in [-0.25, -0.2) is 0 Å². The lowest BCUT2D eigenvalue weighted by atomic mass is 10.2. The van der Waals surface area contributed by atoms with Crippen molar-refractivity contribution in [3.8, 4) is 11.5 Å². The third-order valence-electron chi connectivity index (χ3n) is 2.67. The van der Waals surface area contributed by atoms with Gasteiger partial charge in [0.2, 0.25) is 0 Å². The molecule has 0 spiro atoms. The van der Waals surface area contributed by atoms with E-state index in [0.717, 1.165) is 22.6 Å². The molecule has 103 valence electrons. The van der Waals surface area contributed by atoms with Crippen LogP contribution in [-0.2, 0) is 11.4 Å². The maximum atomic E-state index is 5.21. The summed E-state index contributed by atoms with van der Waals surface area (Å²) in [6.45, 7) is 0.369. The van der Waals surface area contributed by atoms with Crippen molar-refractivity contribution in [2.45, 2.75) is 6.61 Å². The van der Waals surface area contributed by atoms with Crippen molar-refractivity contribution in [2.24, 2.45) is 5.16 Å². The fourth-order valence-electron chi connectivity index (χ4n) is 1.65. The first-order valence-corrected chi connectivity index (χ1v) is 6.17. The van der Waals surface area contributed by atoms with E-state index in [1.807, 2.05) is 48.5 Å². The summed E-state index contributed by atoms with van der Waals surface area (Å²) in [5.41, 5.74) is 1.79. The van der Waals surface area contributed by atoms with Gasteiger partial charge in [0.25, 0.3) is 0 Å². The molecule has 0 saturated heterocycles. The highest BCUT2D eigenvalue weighted by Gasteiger charge is 1.96. The van der Waals surface area contributed by atoms with Crippen LogP contribution in [0.4, 0.5) is 0 Å². The molecule has 2 aromatic rings. The second kappa shape index (κ2) is 7.19. The molecular formula is C16H16NO3. The standard InChI is InChI=1S/C16H16NO3/c1-18-15-7-3-5-13(9-15)11-17-20-12-14-6-4-8-16(10-14)19-2/h3-10H,12H2,1-2H3. The monoisotopic (exact) mass is 270 g/mol. The quantitative estimate of drug-likeness (QED) is 0.598. The van der Waals surface area contributed by atoms with Gasteiger partial charge in [-0.1, -0.05) is 29.4 Å². The SMILES string of the molecule is COc1cccc(/[C]=N\OCc2cccc(OC)c2)c1. The highest BCUT2D eigenvalue weighted by molar-refractivity contribution is 5.79. The summed E-state index contributed by atoms with van der Waals surface area (Å²) < 4.78 is 10.3. The third kappa shape index (κ3) is 4.02. The Balaban J connectivity index is 1.89. The number of hydrogen-bond donors (Lipinski definition) is 0. The zero-order valence-electron chi connectivity index (χ0n) is 11.5. The summed E-state index contributed by atoms with van der Waals surface area (Å²) in [4.78, 5) is 5.21. The lowest BCUT2D eigenvalue weighted by Crippen LogP contribution is -1.90. The molecule has 0 aliphatic carbocycles. The largest absolute Gasteiger partial charge is 0.497 e. The Labute approximate surface area is 118 Å². The van der Waals surface area contributed by atoms with Crippen LogP contribution in [-0.4, -0.2) is 20.4 Å². The summed E-state index contributed by atoms with van der Waals surface area (Å²) in [6, 6.07) is 15.1. The molecule has 0 saturated carbocycles. The Kier molecular flexibility index (Phi) is 5.00. The average molecular weight is 270 g/mol. The summed E-state index contributed by atoms with van der Waals surface area (Å²) in [7, 11) is 3.25. The van der Waals surface area contributed by atoms with E-state index < -0.39 is 0 Å². The first kappa shape index (κ1) is 13.9. The molecule has 0 heterocycles. The number of hydrogen-bond acceptors (Lipinski definition) is 4. The summed E-state index contributed by atoms with van der Waals surface area (Å²) in [6.07, 6.45) is 2.81. The van der Waals surface area contributed by atoms with Crippen LogP contribution in [0.15, 0.2) is 53.7 Å². The van der Waals surface area contributed by atoms with E-state index in [-0.39, 0.29) is 0 Å². The smallest absolute Gasteiger partial charge is 0.142 e. The van der Waals surface area contributed by atoms with E-state index in [4.69, 9.17) is 14.3 Å². The molecule has 20 heavy (non-hydrogen) atoms. The molecule has 1 radical (unpaired) electrons. The second-order valence-electron chi connectivity index (χ2n) is 4.06. The van der Waals surface area contributed by atoms with Crippen LogP contribution in [0, 0.1) is 0 Å². The van der Waals surface area contributed by atoms with Gasteiger partial charge in [0.1, 0.15) is 24.3 Å². The Morgan fingerprint density at radius 2 is 1.65 bits per heavy atom. The van der Waals surface area contributed by atoms with Crippen LogP contribution < -0.4 is 9.47 Å². The molecule has 4 nitrogen and oxygen atoms in total. The van der Waals surface area contributed by atoms with Crippen LogP contribution in [0.3, 0.4) is 0 Å². The number of methoxy groups -OCH3 is 2. The van der Waals surface area contributed by atoms with E-state index in [9.17, 15) is 0 Å². The van der Waals surface area contributed by atoms with Crippen molar-refractivity contribution in [1.29, 1.82) is 0 Å². The van der Waals surface area contributed by atoms with Gasteiger partial charge in [0, 0.05) is 5.56 Å². The van der Waals surface area contributed by atoms with E-state index in [1.165, 1.54) is 0 Å². The molecule has 0 aliphatic heterocycles. The minimum atomic E-state index is 0.369. The van der Waals surface area contributed by atoms with Crippen molar-refractivity contribution < 1.29 is 14.3 Å². The highest BCUT2D eigenvalue weighted by Crippen LogP contribution is 2.13. The van der Waals surface area contributed by atoms with E-state index in [2.05, 4.69) is 11.4 Å². The Morgan fingerprint density at radius 3 is 2.40 bits per heavy atom. The Hall–Kier alpha value is -2.49. The molecule has 0 unspecified atom stereocenters. The van der Waals surface area contributed by atoms with E-state index in [1.54, 1.807) is 14.2 Å². The second-order valence-corrected chi connectivity index (χ2v) is 4.06. The number of nitrogens with zero attached hydrogens (tertiary/aromatic N) is 1. The molecule has 4 heteroatoms. The topological polar surface area (TPSA) is 40.0 Å². The van der Waals surface area contributed by atoms with Crippen molar-refractivity contribution in [2.75, 3.05) is 14.2 Å². The zero-order chi connectivity index (χ0) is 14.2. The predicted octanol–water partition coefficient (Wildman–Crippen LogP) is 3.13. The Bertz CT molecular complexity index is 581. The minimum Gasteiger partial charge on any atom is -0.497 e. The zero-order valence-corrected chi connectivity index (χ0v) is 11.5. The van der Waals surface area contributed by atoms with E-state index in [0.29, 0.717) is 6.61 Å². The van der Waals surface area contributed by atoms with Crippen molar-refractivity contribution in [3.05, 3.63) is 59.7 Å². The van der Waals surface area contributed by atoms with Crippen molar-refractivity contribution in [1.82, 2.24) is 0 Å².